The summed E-state index contributed by atoms with van der Waals surface area (Å²) in [6, 6.07) is 5.95. The molecule has 0 aliphatic rings. The van der Waals surface area contributed by atoms with Crippen molar-refractivity contribution in [2.75, 3.05) is 0 Å². The minimum atomic E-state index is -2.13. The molecule has 1 aromatic rings. The van der Waals surface area contributed by atoms with Crippen LogP contribution in [-0.4, -0.2) is 29.6 Å². The summed E-state index contributed by atoms with van der Waals surface area (Å²) in [6.07, 6.45) is 0. The Morgan fingerprint density at radius 2 is 1.69 bits per heavy atom. The first-order valence-electron chi connectivity index (χ1n) is 4.71. The third-order valence-corrected chi connectivity index (χ3v) is 2.22. The van der Waals surface area contributed by atoms with Crippen LogP contribution in [0.3, 0.4) is 0 Å². The van der Waals surface area contributed by atoms with Gasteiger partial charge in [0.05, 0.1) is 0 Å². The molecule has 1 heterocycles. The first kappa shape index (κ1) is 16.8. The third kappa shape index (κ3) is 11.3. The second kappa shape index (κ2) is 8.03. The van der Waals surface area contributed by atoms with E-state index in [2.05, 4.69) is 29.6 Å². The molecule has 0 spiro atoms. The van der Waals surface area contributed by atoms with Crippen LogP contribution in [0.4, 0.5) is 5.82 Å². The molecule has 7 heteroatoms. The molecule has 90 valence electrons. The summed E-state index contributed by atoms with van der Waals surface area (Å²) in [5.74, 6) is 0.883. The SMILES string of the molecule is Cc1cccc([N-][Si](C)(C)C)n1.[Cl][Sn+]([Cl])[Cl]. The van der Waals surface area contributed by atoms with Gasteiger partial charge in [-0.05, 0) is 6.92 Å². The van der Waals surface area contributed by atoms with Crippen LogP contribution >= 0.6 is 26.8 Å². The molecule has 0 atom stereocenters. The average molecular weight is 404 g/mol. The number of hydrogen-bond acceptors (Lipinski definition) is 1. The van der Waals surface area contributed by atoms with E-state index in [9.17, 15) is 0 Å². The van der Waals surface area contributed by atoms with E-state index >= 15 is 0 Å². The molecule has 0 fully saturated rings. The van der Waals surface area contributed by atoms with Crippen molar-refractivity contribution in [2.24, 2.45) is 0 Å². The molecular weight excluding hydrogens is 389 g/mol. The number of hydrogen-bond donors (Lipinski definition) is 0. The Kier molecular flexibility index (Phi) is 8.45. The Morgan fingerprint density at radius 3 is 2.06 bits per heavy atom. The molecule has 0 radical (unpaired) electrons. The molecule has 1 aromatic heterocycles. The molecule has 0 aliphatic heterocycles. The third-order valence-electron chi connectivity index (χ3n) is 1.32. The van der Waals surface area contributed by atoms with E-state index in [4.69, 9.17) is 26.8 Å². The fourth-order valence-corrected chi connectivity index (χ4v) is 1.75. The van der Waals surface area contributed by atoms with Gasteiger partial charge in [0.15, 0.2) is 0 Å². The predicted octanol–water partition coefficient (Wildman–Crippen LogP) is 4.92. The zero-order valence-electron chi connectivity index (χ0n) is 9.76. The minimum absolute atomic E-state index is 0.883. The van der Waals surface area contributed by atoms with E-state index < -0.39 is 24.6 Å². The number of nitrogens with zero attached hydrogens (tertiary/aromatic N) is 2. The summed E-state index contributed by atoms with van der Waals surface area (Å²) in [6.45, 7) is 8.61. The van der Waals surface area contributed by atoms with Crippen molar-refractivity contribution in [3.8, 4) is 0 Å². The van der Waals surface area contributed by atoms with E-state index in [1.165, 1.54) is 0 Å². The zero-order chi connectivity index (χ0) is 12.8. The van der Waals surface area contributed by atoms with E-state index in [0.29, 0.717) is 0 Å². The number of rotatable bonds is 2. The number of halogens is 3. The number of pyridine rings is 1. The molecule has 0 aliphatic carbocycles. The summed E-state index contributed by atoms with van der Waals surface area (Å²) < 4.78 is 0. The van der Waals surface area contributed by atoms with Gasteiger partial charge in [0.1, 0.15) is 0 Å². The second-order valence-electron chi connectivity index (χ2n) is 4.13. The zero-order valence-corrected chi connectivity index (χ0v) is 15.9. The van der Waals surface area contributed by atoms with Crippen LogP contribution in [-0.2, 0) is 0 Å². The second-order valence-corrected chi connectivity index (χ2v) is 21.4. The van der Waals surface area contributed by atoms with Crippen LogP contribution in [0.1, 0.15) is 5.69 Å². The van der Waals surface area contributed by atoms with Crippen molar-refractivity contribution in [3.05, 3.63) is 28.9 Å². The fourth-order valence-electron chi connectivity index (χ4n) is 0.935. The summed E-state index contributed by atoms with van der Waals surface area (Å²) in [7, 11) is 13.6. The first-order chi connectivity index (χ1) is 7.20. The van der Waals surface area contributed by atoms with Crippen molar-refractivity contribution in [2.45, 2.75) is 26.6 Å². The summed E-state index contributed by atoms with van der Waals surface area (Å²) in [4.78, 5) is 8.91. The van der Waals surface area contributed by atoms with E-state index in [1.807, 2.05) is 25.1 Å². The van der Waals surface area contributed by atoms with Crippen molar-refractivity contribution in [1.29, 1.82) is 0 Å². The topological polar surface area (TPSA) is 27.0 Å². The summed E-state index contributed by atoms with van der Waals surface area (Å²) >= 11 is -2.13. The molecule has 0 saturated heterocycles. The van der Waals surface area contributed by atoms with Gasteiger partial charge in [-0.25, -0.2) is 0 Å². The molecule has 0 bridgehead atoms. The van der Waals surface area contributed by atoms with Crippen LogP contribution in [0, 0.1) is 6.92 Å². The molecule has 1 rings (SSSR count). The van der Waals surface area contributed by atoms with Crippen molar-refractivity contribution >= 4 is 57.2 Å². The predicted molar refractivity (Wildman–Crippen MR) is 78.7 cm³/mol. The normalized spacial score (nSPS) is 10.2. The molecule has 0 aromatic carbocycles. The summed E-state index contributed by atoms with van der Waals surface area (Å²) in [5, 5.41) is 0. The van der Waals surface area contributed by atoms with Crippen LogP contribution in [0.5, 0.6) is 0 Å². The fraction of sp³-hybridized carbons (Fsp3) is 0.444. The molecular formula is C9H15Cl3N2SiSn. The van der Waals surface area contributed by atoms with Gasteiger partial charge in [0, 0.05) is 8.24 Å². The van der Waals surface area contributed by atoms with Gasteiger partial charge in [-0.15, -0.1) is 0 Å². The number of aryl methyl sites for hydroxylation is 1. The van der Waals surface area contributed by atoms with Crippen LogP contribution in [0.2, 0.25) is 19.6 Å². The molecule has 0 saturated carbocycles. The Hall–Kier alpha value is 0.836. The maximum atomic E-state index is 5.00. The van der Waals surface area contributed by atoms with Gasteiger partial charge in [-0.1, -0.05) is 49.4 Å². The van der Waals surface area contributed by atoms with Gasteiger partial charge in [0.2, 0.25) is 0 Å². The molecule has 0 unspecified atom stereocenters. The Balaban J connectivity index is 0.000000487. The quantitative estimate of drug-likeness (QED) is 0.643. The Bertz CT molecular complexity index is 315. The monoisotopic (exact) mass is 404 g/mol. The Labute approximate surface area is 117 Å². The Morgan fingerprint density at radius 1 is 1.19 bits per heavy atom. The van der Waals surface area contributed by atoms with Crippen molar-refractivity contribution in [3.63, 3.8) is 0 Å². The molecule has 16 heavy (non-hydrogen) atoms. The maximum absolute atomic E-state index is 5.00. The van der Waals surface area contributed by atoms with Crippen molar-refractivity contribution in [1.82, 2.24) is 4.98 Å². The standard InChI is InChI=1S/C9H15N2Si.3ClH.Sn/c1-8-6-5-7-9(10-8)11-12(2,3)4;;;;/h5-7H,1-4H3;3*1H;/q-1;;;;+4/p-3. The van der Waals surface area contributed by atoms with Gasteiger partial charge < -0.3 is 9.97 Å². The first-order valence-corrected chi connectivity index (χ1v) is 19.0. The molecule has 0 N–H and O–H groups in total. The van der Waals surface area contributed by atoms with E-state index in [1.54, 1.807) is 0 Å². The van der Waals surface area contributed by atoms with Crippen LogP contribution in [0.15, 0.2) is 18.2 Å². The van der Waals surface area contributed by atoms with Crippen LogP contribution < -0.4 is 0 Å². The van der Waals surface area contributed by atoms with Gasteiger partial charge in [0.25, 0.3) is 0 Å². The van der Waals surface area contributed by atoms with Gasteiger partial charge in [-0.3, -0.25) is 0 Å². The molecule has 2 nitrogen and oxygen atoms in total. The average Bonchev–Trinajstić information content (AvgIpc) is 1.98. The molecule has 0 amide bonds. The van der Waals surface area contributed by atoms with Gasteiger partial charge >= 0.3 is 43.1 Å². The van der Waals surface area contributed by atoms with Gasteiger partial charge in [-0.2, -0.15) is 0 Å². The van der Waals surface area contributed by atoms with E-state index in [-0.39, 0.29) is 0 Å². The van der Waals surface area contributed by atoms with E-state index in [0.717, 1.165) is 11.5 Å². The summed E-state index contributed by atoms with van der Waals surface area (Å²) in [5.41, 5.74) is 1.04. The van der Waals surface area contributed by atoms with Crippen LogP contribution in [0.25, 0.3) is 4.98 Å². The number of aromatic nitrogens is 1. The van der Waals surface area contributed by atoms with Crippen molar-refractivity contribution < 1.29 is 0 Å².